The van der Waals surface area contributed by atoms with Gasteiger partial charge in [-0.3, -0.25) is 5.10 Å². The minimum Gasteiger partial charge on any atom is -0.462 e. The molecule has 1 rings (SSSR count). The van der Waals surface area contributed by atoms with Gasteiger partial charge in [0.2, 0.25) is 0 Å². The molecule has 0 aliphatic heterocycles. The Morgan fingerprint density at radius 3 is 3.30 bits per heavy atom. The van der Waals surface area contributed by atoms with Gasteiger partial charge in [-0.2, -0.15) is 5.10 Å². The second-order valence-electron chi connectivity index (χ2n) is 1.71. The first-order valence-electron chi connectivity index (χ1n) is 3.00. The number of carbonyl (C=O) groups excluding carboxylic acids is 1. The summed E-state index contributed by atoms with van der Waals surface area (Å²) in [6.07, 6.45) is 2.93. The zero-order chi connectivity index (χ0) is 7.40. The number of aromatic nitrogens is 2. The molecule has 0 aromatic carbocycles. The zero-order valence-corrected chi connectivity index (χ0v) is 5.63. The van der Waals surface area contributed by atoms with Crippen molar-refractivity contribution < 1.29 is 11.0 Å². The molecule has 0 unspecified atom stereocenters. The second kappa shape index (κ2) is 3.00. The largest absolute Gasteiger partial charge is 0.462 e. The van der Waals surface area contributed by atoms with E-state index in [2.05, 4.69) is 14.9 Å². The highest BCUT2D eigenvalue weighted by Gasteiger charge is 2.04. The molecule has 0 fully saturated rings. The van der Waals surface area contributed by atoms with Gasteiger partial charge in [0.1, 0.15) is 0 Å². The van der Waals surface area contributed by atoms with Crippen LogP contribution in [0.4, 0.5) is 0 Å². The molecule has 0 aliphatic carbocycles. The normalized spacial score (nSPS) is 9.30. The Kier molecular flexibility index (Phi) is 2.04. The summed E-state index contributed by atoms with van der Waals surface area (Å²) in [6.45, 7) is 2.15. The number of rotatable bonds is 2. The van der Waals surface area contributed by atoms with Gasteiger partial charge in [-0.1, -0.05) is 0 Å². The topological polar surface area (TPSA) is 55.0 Å². The lowest BCUT2D eigenvalue weighted by Crippen LogP contribution is -2.02. The number of ether oxygens (including phenoxy) is 1. The smallest absolute Gasteiger partial charge is 0.341 e. The van der Waals surface area contributed by atoms with E-state index in [0.29, 0.717) is 12.2 Å². The number of hydrogen-bond donors (Lipinski definition) is 1. The Morgan fingerprint density at radius 1 is 2.00 bits per heavy atom. The van der Waals surface area contributed by atoms with Crippen molar-refractivity contribution in [3.05, 3.63) is 18.0 Å². The average Bonchev–Trinajstić information content (AvgIpc) is 2.38. The van der Waals surface area contributed by atoms with Crippen LogP contribution in [0.3, 0.4) is 0 Å². The predicted molar refractivity (Wildman–Crippen MR) is 36.7 cm³/mol. The van der Waals surface area contributed by atoms with E-state index >= 15 is 0 Å². The van der Waals surface area contributed by atoms with E-state index < -0.39 is 0 Å². The Morgan fingerprint density at radius 2 is 2.80 bits per heavy atom. The fourth-order valence-electron chi connectivity index (χ4n) is 0.577. The minimum absolute atomic E-state index is 0. The molecule has 10 heavy (non-hydrogen) atoms. The first-order valence-corrected chi connectivity index (χ1v) is 3.00. The molecule has 0 bridgehead atoms. The molecule has 4 nitrogen and oxygen atoms in total. The molecule has 4 heteroatoms. The van der Waals surface area contributed by atoms with E-state index in [9.17, 15) is 4.79 Å². The van der Waals surface area contributed by atoms with Gasteiger partial charge in [0.25, 0.3) is 0 Å². The third-order valence-electron chi connectivity index (χ3n) is 1.01. The van der Waals surface area contributed by atoms with E-state index in [1.165, 1.54) is 12.4 Å². The van der Waals surface area contributed by atoms with Crippen molar-refractivity contribution in [3.8, 4) is 0 Å². The monoisotopic (exact) mass is 142 g/mol. The van der Waals surface area contributed by atoms with Crippen LogP contribution in [0.5, 0.6) is 0 Å². The highest BCUT2D eigenvalue weighted by atomic mass is 16.5. The van der Waals surface area contributed by atoms with E-state index in [1.807, 2.05) is 0 Å². The van der Waals surface area contributed by atoms with Gasteiger partial charge in [-0.05, 0) is 6.92 Å². The summed E-state index contributed by atoms with van der Waals surface area (Å²) in [5.41, 5.74) is 0.460. The van der Waals surface area contributed by atoms with Crippen molar-refractivity contribution in [2.75, 3.05) is 6.61 Å². The molecule has 0 spiro atoms. The summed E-state index contributed by atoms with van der Waals surface area (Å²) >= 11 is 0. The maximum absolute atomic E-state index is 10.8. The van der Waals surface area contributed by atoms with E-state index in [0.717, 1.165) is 0 Å². The molecule has 0 saturated heterocycles. The fourth-order valence-corrected chi connectivity index (χ4v) is 0.577. The SMILES string of the molecule is CCOC(=O)c1cn[nH]c1.[HH]. The lowest BCUT2D eigenvalue weighted by molar-refractivity contribution is 0.0526. The minimum atomic E-state index is -0.337. The lowest BCUT2D eigenvalue weighted by Gasteiger charge is -1.95. The zero-order valence-electron chi connectivity index (χ0n) is 5.63. The van der Waals surface area contributed by atoms with Gasteiger partial charge in [0.05, 0.1) is 18.4 Å². The van der Waals surface area contributed by atoms with Crippen LogP contribution in [0, 0.1) is 0 Å². The Hall–Kier alpha value is -1.32. The predicted octanol–water partition coefficient (Wildman–Crippen LogP) is 0.832. The highest BCUT2D eigenvalue weighted by Crippen LogP contribution is 1.95. The van der Waals surface area contributed by atoms with Crippen molar-refractivity contribution in [2.24, 2.45) is 0 Å². The third-order valence-corrected chi connectivity index (χ3v) is 1.01. The van der Waals surface area contributed by atoms with Crippen LogP contribution in [0.1, 0.15) is 18.7 Å². The average molecular weight is 142 g/mol. The summed E-state index contributed by atoms with van der Waals surface area (Å²) in [7, 11) is 0. The van der Waals surface area contributed by atoms with Crippen LogP contribution in [0.25, 0.3) is 0 Å². The number of H-pyrrole nitrogens is 1. The lowest BCUT2D eigenvalue weighted by atomic mass is 10.4. The van der Waals surface area contributed by atoms with Crippen molar-refractivity contribution >= 4 is 5.97 Å². The van der Waals surface area contributed by atoms with Crippen LogP contribution in [0.2, 0.25) is 0 Å². The number of hydrogen-bond acceptors (Lipinski definition) is 3. The molecule has 56 valence electrons. The summed E-state index contributed by atoms with van der Waals surface area (Å²) in [5.74, 6) is -0.337. The van der Waals surface area contributed by atoms with Gasteiger partial charge >= 0.3 is 5.97 Å². The molecule has 0 atom stereocenters. The Balaban J connectivity index is 0.000001000. The van der Waals surface area contributed by atoms with Gasteiger partial charge in [-0.25, -0.2) is 4.79 Å². The van der Waals surface area contributed by atoms with Gasteiger partial charge in [0, 0.05) is 7.62 Å². The fraction of sp³-hybridized carbons (Fsp3) is 0.333. The molecular weight excluding hydrogens is 132 g/mol. The van der Waals surface area contributed by atoms with Crippen LogP contribution < -0.4 is 0 Å². The molecule has 0 radical (unpaired) electrons. The molecular formula is C6H10N2O2. The van der Waals surface area contributed by atoms with Crippen LogP contribution in [-0.4, -0.2) is 22.8 Å². The summed E-state index contributed by atoms with van der Waals surface area (Å²) in [5, 5.41) is 6.12. The molecule has 0 aliphatic rings. The van der Waals surface area contributed by atoms with Gasteiger partial charge < -0.3 is 4.74 Å². The van der Waals surface area contributed by atoms with Crippen LogP contribution >= 0.6 is 0 Å². The number of aromatic amines is 1. The summed E-state index contributed by atoms with van der Waals surface area (Å²) in [6, 6.07) is 0. The number of carbonyl (C=O) groups is 1. The molecule has 1 aromatic rings. The second-order valence-corrected chi connectivity index (χ2v) is 1.71. The number of esters is 1. The van der Waals surface area contributed by atoms with Gasteiger partial charge in [-0.15, -0.1) is 0 Å². The Bertz CT molecular complexity index is 210. The summed E-state index contributed by atoms with van der Waals surface area (Å²) < 4.78 is 4.69. The first kappa shape index (κ1) is 6.80. The molecule has 1 N–H and O–H groups in total. The van der Waals surface area contributed by atoms with Crippen LogP contribution in [0.15, 0.2) is 12.4 Å². The Labute approximate surface area is 59.7 Å². The maximum atomic E-state index is 10.8. The molecule has 1 heterocycles. The standard InChI is InChI=1S/C6H8N2O2.H2/c1-2-10-6(9)5-3-7-8-4-5;/h3-4H,2H2,1H3,(H,7,8);1H. The highest BCUT2D eigenvalue weighted by molar-refractivity contribution is 5.88. The number of nitrogens with zero attached hydrogens (tertiary/aromatic N) is 1. The van der Waals surface area contributed by atoms with Crippen molar-refractivity contribution in [1.82, 2.24) is 10.2 Å². The number of nitrogens with one attached hydrogen (secondary N) is 1. The van der Waals surface area contributed by atoms with E-state index in [1.54, 1.807) is 6.92 Å². The van der Waals surface area contributed by atoms with Gasteiger partial charge in [0.15, 0.2) is 0 Å². The van der Waals surface area contributed by atoms with E-state index in [-0.39, 0.29) is 7.40 Å². The van der Waals surface area contributed by atoms with Crippen molar-refractivity contribution in [3.63, 3.8) is 0 Å². The third kappa shape index (κ3) is 1.34. The summed E-state index contributed by atoms with van der Waals surface area (Å²) in [4.78, 5) is 10.8. The quantitative estimate of drug-likeness (QED) is 0.622. The van der Waals surface area contributed by atoms with E-state index in [4.69, 9.17) is 0 Å². The maximum Gasteiger partial charge on any atom is 0.341 e. The molecule has 0 amide bonds. The molecule has 1 aromatic heterocycles. The van der Waals surface area contributed by atoms with Crippen molar-refractivity contribution in [2.45, 2.75) is 6.92 Å². The first-order chi connectivity index (χ1) is 4.84. The van der Waals surface area contributed by atoms with Crippen molar-refractivity contribution in [1.29, 1.82) is 0 Å². The molecule has 0 saturated carbocycles. The van der Waals surface area contributed by atoms with Crippen LogP contribution in [-0.2, 0) is 4.74 Å².